The molecule has 0 spiro atoms. The molecule has 1 aliphatic rings. The van der Waals surface area contributed by atoms with Gasteiger partial charge >= 0.3 is 0 Å². The van der Waals surface area contributed by atoms with E-state index in [0.29, 0.717) is 18.0 Å². The van der Waals surface area contributed by atoms with Crippen LogP contribution in [0.4, 0.5) is 0 Å². The first-order valence-corrected chi connectivity index (χ1v) is 7.12. The first-order chi connectivity index (χ1) is 9.22. The monoisotopic (exact) mass is 263 g/mol. The summed E-state index contributed by atoms with van der Waals surface area (Å²) in [5.74, 6) is 1.64. The molecule has 19 heavy (non-hydrogen) atoms. The lowest BCUT2D eigenvalue weighted by Gasteiger charge is -2.38. The highest BCUT2D eigenvalue weighted by Gasteiger charge is 2.30. The second kappa shape index (κ2) is 6.92. The molecule has 0 heterocycles. The Kier molecular flexibility index (Phi) is 5.23. The van der Waals surface area contributed by atoms with Gasteiger partial charge in [-0.15, -0.1) is 0 Å². The molecule has 1 saturated carbocycles. The molecule has 1 fully saturated rings. The molecule has 0 aromatic heterocycles. The van der Waals surface area contributed by atoms with Crippen LogP contribution in [0, 0.1) is 0 Å². The quantitative estimate of drug-likeness (QED) is 0.820. The second-order valence-corrected chi connectivity index (χ2v) is 5.49. The predicted molar refractivity (Wildman–Crippen MR) is 77.8 cm³/mol. The van der Waals surface area contributed by atoms with Gasteiger partial charge in [-0.1, -0.05) is 12.1 Å². The zero-order chi connectivity index (χ0) is 13.7. The van der Waals surface area contributed by atoms with Gasteiger partial charge in [0.25, 0.3) is 0 Å². The molecule has 1 unspecified atom stereocenters. The number of rotatable bonds is 7. The molecule has 1 aliphatic carbocycles. The number of ether oxygens (including phenoxy) is 2. The first-order valence-electron chi connectivity index (χ1n) is 7.12. The predicted octanol–water partition coefficient (Wildman–Crippen LogP) is 2.96. The average Bonchev–Trinajstić information content (AvgIpc) is 2.40. The fourth-order valence-electron chi connectivity index (χ4n) is 2.68. The molecule has 106 valence electrons. The van der Waals surface area contributed by atoms with E-state index in [-0.39, 0.29) is 0 Å². The van der Waals surface area contributed by atoms with Crippen LogP contribution in [0.1, 0.15) is 37.7 Å². The van der Waals surface area contributed by atoms with E-state index in [2.05, 4.69) is 36.5 Å². The third-order valence-electron chi connectivity index (χ3n) is 4.00. The Labute approximate surface area is 116 Å². The Morgan fingerprint density at radius 1 is 1.21 bits per heavy atom. The minimum Gasteiger partial charge on any atom is -0.497 e. The molecule has 1 N–H and O–H groups in total. The van der Waals surface area contributed by atoms with Crippen molar-refractivity contribution in [2.24, 2.45) is 0 Å². The number of benzene rings is 1. The number of nitrogens with one attached hydrogen (secondary N) is 1. The van der Waals surface area contributed by atoms with Crippen molar-refractivity contribution in [3.63, 3.8) is 0 Å². The smallest absolute Gasteiger partial charge is 0.118 e. The van der Waals surface area contributed by atoms with E-state index in [0.717, 1.165) is 18.8 Å². The van der Waals surface area contributed by atoms with Crippen LogP contribution in [0.5, 0.6) is 5.75 Å². The summed E-state index contributed by atoms with van der Waals surface area (Å²) in [5.41, 5.74) is 1.43. The number of methoxy groups -OCH3 is 2. The van der Waals surface area contributed by atoms with Crippen molar-refractivity contribution < 1.29 is 9.47 Å². The topological polar surface area (TPSA) is 30.5 Å². The summed E-state index contributed by atoms with van der Waals surface area (Å²) in [6, 6.07) is 9.69. The van der Waals surface area contributed by atoms with Gasteiger partial charge in [-0.3, -0.25) is 0 Å². The molecule has 0 radical (unpaired) electrons. The molecule has 1 atom stereocenters. The van der Waals surface area contributed by atoms with Gasteiger partial charge in [0.05, 0.1) is 7.11 Å². The Hall–Kier alpha value is -1.06. The highest BCUT2D eigenvalue weighted by molar-refractivity contribution is 5.30. The van der Waals surface area contributed by atoms with Crippen LogP contribution in [0.15, 0.2) is 24.3 Å². The second-order valence-electron chi connectivity index (χ2n) is 5.49. The lowest BCUT2D eigenvalue weighted by Crippen LogP contribution is -2.44. The van der Waals surface area contributed by atoms with Crippen LogP contribution in [-0.4, -0.2) is 32.9 Å². The molecule has 3 nitrogen and oxygen atoms in total. The van der Waals surface area contributed by atoms with Crippen molar-refractivity contribution in [2.75, 3.05) is 20.8 Å². The van der Waals surface area contributed by atoms with Crippen molar-refractivity contribution in [3.05, 3.63) is 29.8 Å². The van der Waals surface area contributed by atoms with E-state index in [9.17, 15) is 0 Å². The van der Waals surface area contributed by atoms with Crippen molar-refractivity contribution in [1.82, 2.24) is 5.32 Å². The Morgan fingerprint density at radius 2 is 1.89 bits per heavy atom. The van der Waals surface area contributed by atoms with Gasteiger partial charge in [0.2, 0.25) is 0 Å². The molecule has 1 aromatic carbocycles. The Balaban J connectivity index is 1.73. The molecule has 3 heteroatoms. The minimum atomic E-state index is 0.543. The largest absolute Gasteiger partial charge is 0.497 e. The van der Waals surface area contributed by atoms with Gasteiger partial charge in [-0.05, 0) is 49.8 Å². The van der Waals surface area contributed by atoms with Gasteiger partial charge in [-0.25, -0.2) is 0 Å². The van der Waals surface area contributed by atoms with Gasteiger partial charge in [0.1, 0.15) is 5.75 Å². The molecule has 0 bridgehead atoms. The lowest BCUT2D eigenvalue weighted by atomic mass is 9.75. The van der Waals surface area contributed by atoms with Crippen molar-refractivity contribution in [3.8, 4) is 5.75 Å². The maximum atomic E-state index is 5.19. The molecule has 1 aromatic rings. The standard InChI is InChI=1S/C16H25NO2/c1-12(8-9-18-2)17-15-10-14(11-15)13-4-6-16(19-3)7-5-13/h4-7,12,14-15,17H,8-11H2,1-3H3. The summed E-state index contributed by atoms with van der Waals surface area (Å²) >= 11 is 0. The summed E-state index contributed by atoms with van der Waals surface area (Å²) in [6.45, 7) is 3.07. The highest BCUT2D eigenvalue weighted by Crippen LogP contribution is 2.37. The minimum absolute atomic E-state index is 0.543. The van der Waals surface area contributed by atoms with E-state index >= 15 is 0 Å². The van der Waals surface area contributed by atoms with E-state index in [1.165, 1.54) is 18.4 Å². The van der Waals surface area contributed by atoms with Gasteiger partial charge in [0.15, 0.2) is 0 Å². The van der Waals surface area contributed by atoms with Crippen molar-refractivity contribution in [2.45, 2.75) is 44.2 Å². The SMILES string of the molecule is COCCC(C)NC1CC(c2ccc(OC)cc2)C1. The fourth-order valence-corrected chi connectivity index (χ4v) is 2.68. The van der Waals surface area contributed by atoms with Gasteiger partial charge in [0, 0.05) is 25.8 Å². The van der Waals surface area contributed by atoms with Crippen LogP contribution in [-0.2, 0) is 4.74 Å². The normalized spacial score (nSPS) is 23.7. The van der Waals surface area contributed by atoms with Crippen LogP contribution in [0.3, 0.4) is 0 Å². The van der Waals surface area contributed by atoms with Gasteiger partial charge < -0.3 is 14.8 Å². The fraction of sp³-hybridized carbons (Fsp3) is 0.625. The van der Waals surface area contributed by atoms with Crippen LogP contribution < -0.4 is 10.1 Å². The summed E-state index contributed by atoms with van der Waals surface area (Å²) in [7, 11) is 3.47. The zero-order valence-electron chi connectivity index (χ0n) is 12.2. The van der Waals surface area contributed by atoms with E-state index in [1.807, 2.05) is 0 Å². The van der Waals surface area contributed by atoms with Crippen LogP contribution in [0.25, 0.3) is 0 Å². The van der Waals surface area contributed by atoms with Crippen molar-refractivity contribution >= 4 is 0 Å². The number of hydrogen-bond acceptors (Lipinski definition) is 3. The molecule has 0 amide bonds. The molecular formula is C16H25NO2. The summed E-state index contributed by atoms with van der Waals surface area (Å²) in [4.78, 5) is 0. The lowest BCUT2D eigenvalue weighted by molar-refractivity contribution is 0.175. The third-order valence-corrected chi connectivity index (χ3v) is 4.00. The molecule has 0 aliphatic heterocycles. The first kappa shape index (κ1) is 14.4. The van der Waals surface area contributed by atoms with Crippen molar-refractivity contribution in [1.29, 1.82) is 0 Å². The van der Waals surface area contributed by atoms with Crippen LogP contribution in [0.2, 0.25) is 0 Å². The highest BCUT2D eigenvalue weighted by atomic mass is 16.5. The summed E-state index contributed by atoms with van der Waals surface area (Å²) in [5, 5.41) is 3.67. The van der Waals surface area contributed by atoms with Crippen LogP contribution >= 0.6 is 0 Å². The van der Waals surface area contributed by atoms with E-state index < -0.39 is 0 Å². The molecule has 2 rings (SSSR count). The Morgan fingerprint density at radius 3 is 2.47 bits per heavy atom. The summed E-state index contributed by atoms with van der Waals surface area (Å²) in [6.07, 6.45) is 3.56. The van der Waals surface area contributed by atoms with Gasteiger partial charge in [-0.2, -0.15) is 0 Å². The average molecular weight is 263 g/mol. The maximum Gasteiger partial charge on any atom is 0.118 e. The van der Waals surface area contributed by atoms with E-state index in [4.69, 9.17) is 9.47 Å². The third kappa shape index (κ3) is 3.95. The van der Waals surface area contributed by atoms with E-state index in [1.54, 1.807) is 14.2 Å². The molecular weight excluding hydrogens is 238 g/mol. The number of hydrogen-bond donors (Lipinski definition) is 1. The maximum absolute atomic E-state index is 5.19. The molecule has 0 saturated heterocycles. The Bertz CT molecular complexity index is 371. The zero-order valence-corrected chi connectivity index (χ0v) is 12.2. The summed E-state index contributed by atoms with van der Waals surface area (Å²) < 4.78 is 10.3.